The van der Waals surface area contributed by atoms with E-state index >= 15 is 0 Å². The monoisotopic (exact) mass is 270 g/mol. The molecule has 0 fully saturated rings. The second-order valence-electron chi connectivity index (χ2n) is 3.03. The van der Waals surface area contributed by atoms with Crippen LogP contribution in [0.4, 0.5) is 0 Å². The number of esters is 1. The van der Waals surface area contributed by atoms with E-state index in [1.807, 2.05) is 17.5 Å². The van der Waals surface area contributed by atoms with Gasteiger partial charge >= 0.3 is 5.97 Å². The molecule has 2 rings (SSSR count). The number of thioether (sulfide) groups is 1. The molecule has 0 atom stereocenters. The van der Waals surface area contributed by atoms with Crippen molar-refractivity contribution in [1.29, 1.82) is 0 Å². The zero-order chi connectivity index (χ0) is 12.1. The molecule has 0 radical (unpaired) electrons. The molecular formula is C10H10N2O3S2. The highest BCUT2D eigenvalue weighted by Gasteiger charge is 2.10. The first-order valence-corrected chi connectivity index (χ1v) is 6.73. The Morgan fingerprint density at radius 3 is 3.18 bits per heavy atom. The Kier molecular flexibility index (Phi) is 4.16. The second-order valence-corrected chi connectivity index (χ2v) is 5.02. The fourth-order valence-electron chi connectivity index (χ4n) is 1.09. The van der Waals surface area contributed by atoms with Gasteiger partial charge in [0.2, 0.25) is 0 Å². The highest BCUT2D eigenvalue weighted by molar-refractivity contribution is 7.99. The van der Waals surface area contributed by atoms with Crippen molar-refractivity contribution in [3.8, 4) is 10.8 Å². The standard InChI is InChI=1S/C10H10N2O3S2/c1-14-8(13)4-6-17-10-12-11-9(15-10)7-3-2-5-16-7/h2-3,5H,4,6H2,1H3. The van der Waals surface area contributed by atoms with E-state index in [1.165, 1.54) is 18.9 Å². The van der Waals surface area contributed by atoms with Crippen molar-refractivity contribution < 1.29 is 13.9 Å². The molecule has 5 nitrogen and oxygen atoms in total. The molecule has 0 aromatic carbocycles. The summed E-state index contributed by atoms with van der Waals surface area (Å²) in [4.78, 5) is 11.8. The molecule has 0 N–H and O–H groups in total. The van der Waals surface area contributed by atoms with Crippen LogP contribution in [0.5, 0.6) is 0 Å². The van der Waals surface area contributed by atoms with Crippen molar-refractivity contribution in [2.24, 2.45) is 0 Å². The number of hydrogen-bond acceptors (Lipinski definition) is 7. The van der Waals surface area contributed by atoms with Crippen molar-refractivity contribution in [2.45, 2.75) is 11.6 Å². The summed E-state index contributed by atoms with van der Waals surface area (Å²) < 4.78 is 9.98. The van der Waals surface area contributed by atoms with Crippen molar-refractivity contribution in [1.82, 2.24) is 10.2 Å². The van der Waals surface area contributed by atoms with Crippen molar-refractivity contribution in [3.63, 3.8) is 0 Å². The zero-order valence-electron chi connectivity index (χ0n) is 9.08. The molecule has 2 heterocycles. The van der Waals surface area contributed by atoms with Gasteiger partial charge in [-0.15, -0.1) is 21.5 Å². The third-order valence-electron chi connectivity index (χ3n) is 1.90. The van der Waals surface area contributed by atoms with Crippen LogP contribution in [0, 0.1) is 0 Å². The van der Waals surface area contributed by atoms with Gasteiger partial charge in [-0.25, -0.2) is 0 Å². The summed E-state index contributed by atoms with van der Waals surface area (Å²) in [5.74, 6) is 0.842. The van der Waals surface area contributed by atoms with Crippen LogP contribution < -0.4 is 0 Å². The topological polar surface area (TPSA) is 65.2 Å². The van der Waals surface area contributed by atoms with Gasteiger partial charge in [0.25, 0.3) is 11.1 Å². The molecule has 2 aromatic rings. The minimum atomic E-state index is -0.240. The van der Waals surface area contributed by atoms with E-state index in [0.717, 1.165) is 4.88 Å². The number of rotatable bonds is 5. The first-order valence-electron chi connectivity index (χ1n) is 4.86. The van der Waals surface area contributed by atoms with E-state index in [4.69, 9.17) is 4.42 Å². The van der Waals surface area contributed by atoms with Crippen LogP contribution in [0.15, 0.2) is 27.2 Å². The lowest BCUT2D eigenvalue weighted by atomic mass is 10.5. The highest BCUT2D eigenvalue weighted by Crippen LogP contribution is 2.26. The summed E-state index contributed by atoms with van der Waals surface area (Å²) in [5.41, 5.74) is 0. The molecular weight excluding hydrogens is 260 g/mol. The number of methoxy groups -OCH3 is 1. The Morgan fingerprint density at radius 2 is 2.47 bits per heavy atom. The number of thiophene rings is 1. The number of nitrogens with zero attached hydrogens (tertiary/aromatic N) is 2. The lowest BCUT2D eigenvalue weighted by Crippen LogP contribution is -2.00. The van der Waals surface area contributed by atoms with Gasteiger partial charge in [-0.2, -0.15) is 0 Å². The SMILES string of the molecule is COC(=O)CCSc1nnc(-c2cccs2)o1. The second kappa shape index (κ2) is 5.83. The van der Waals surface area contributed by atoms with Gasteiger partial charge in [0.05, 0.1) is 18.4 Å². The van der Waals surface area contributed by atoms with Gasteiger partial charge < -0.3 is 9.15 Å². The zero-order valence-corrected chi connectivity index (χ0v) is 10.7. The number of hydrogen-bond donors (Lipinski definition) is 0. The number of aromatic nitrogens is 2. The number of carbonyl (C=O) groups excluding carboxylic acids is 1. The summed E-state index contributed by atoms with van der Waals surface area (Å²) in [6.07, 6.45) is 0.331. The minimum absolute atomic E-state index is 0.240. The van der Waals surface area contributed by atoms with E-state index in [2.05, 4.69) is 14.9 Å². The normalized spacial score (nSPS) is 10.4. The molecule has 0 bridgehead atoms. The van der Waals surface area contributed by atoms with Crippen LogP contribution in [0.1, 0.15) is 6.42 Å². The quantitative estimate of drug-likeness (QED) is 0.614. The summed E-state index contributed by atoms with van der Waals surface area (Å²) in [6, 6.07) is 3.84. The predicted molar refractivity (Wildman–Crippen MR) is 65.0 cm³/mol. The molecule has 2 aromatic heterocycles. The largest absolute Gasteiger partial charge is 0.469 e. The van der Waals surface area contributed by atoms with E-state index in [0.29, 0.717) is 23.3 Å². The first-order chi connectivity index (χ1) is 8.29. The molecule has 90 valence electrons. The Hall–Kier alpha value is -1.34. The van der Waals surface area contributed by atoms with Crippen LogP contribution in [0.3, 0.4) is 0 Å². The average molecular weight is 270 g/mol. The predicted octanol–water partition coefficient (Wildman–Crippen LogP) is 2.45. The molecule has 0 aliphatic rings. The van der Waals surface area contributed by atoms with Gasteiger partial charge in [-0.1, -0.05) is 17.8 Å². The molecule has 0 saturated carbocycles. The maximum Gasteiger partial charge on any atom is 0.306 e. The van der Waals surface area contributed by atoms with E-state index in [-0.39, 0.29) is 5.97 Å². The van der Waals surface area contributed by atoms with Gasteiger partial charge in [-0.05, 0) is 11.4 Å². The van der Waals surface area contributed by atoms with Gasteiger partial charge in [0, 0.05) is 5.75 Å². The smallest absolute Gasteiger partial charge is 0.306 e. The van der Waals surface area contributed by atoms with Crippen LogP contribution in [0.2, 0.25) is 0 Å². The van der Waals surface area contributed by atoms with Crippen molar-refractivity contribution >= 4 is 29.1 Å². The van der Waals surface area contributed by atoms with E-state index < -0.39 is 0 Å². The van der Waals surface area contributed by atoms with E-state index in [9.17, 15) is 4.79 Å². The highest BCUT2D eigenvalue weighted by atomic mass is 32.2. The fourth-order valence-corrected chi connectivity index (χ4v) is 2.42. The van der Waals surface area contributed by atoms with Crippen molar-refractivity contribution in [2.75, 3.05) is 12.9 Å². The first kappa shape index (κ1) is 12.1. The summed E-state index contributed by atoms with van der Waals surface area (Å²) >= 11 is 2.89. The Bertz CT molecular complexity index is 481. The van der Waals surface area contributed by atoms with Crippen LogP contribution in [-0.2, 0) is 9.53 Å². The molecule has 0 aliphatic heterocycles. The van der Waals surface area contributed by atoms with Gasteiger partial charge in [0.1, 0.15) is 0 Å². The maximum atomic E-state index is 10.9. The molecule has 7 heteroatoms. The Morgan fingerprint density at radius 1 is 1.59 bits per heavy atom. The fraction of sp³-hybridized carbons (Fsp3) is 0.300. The lowest BCUT2D eigenvalue weighted by molar-refractivity contribution is -0.140. The molecule has 0 amide bonds. The lowest BCUT2D eigenvalue weighted by Gasteiger charge is -1.95. The van der Waals surface area contributed by atoms with Gasteiger partial charge in [0.15, 0.2) is 0 Å². The number of ether oxygens (including phenoxy) is 1. The summed E-state index contributed by atoms with van der Waals surface area (Å²) in [5, 5.41) is 10.2. The molecule has 0 spiro atoms. The summed E-state index contributed by atoms with van der Waals surface area (Å²) in [7, 11) is 1.37. The van der Waals surface area contributed by atoms with Crippen molar-refractivity contribution in [3.05, 3.63) is 17.5 Å². The van der Waals surface area contributed by atoms with Crippen LogP contribution in [0.25, 0.3) is 10.8 Å². The summed E-state index contributed by atoms with van der Waals surface area (Å²) in [6.45, 7) is 0. The number of carbonyl (C=O) groups is 1. The molecule has 17 heavy (non-hydrogen) atoms. The van der Waals surface area contributed by atoms with Gasteiger partial charge in [-0.3, -0.25) is 4.79 Å². The average Bonchev–Trinajstić information content (AvgIpc) is 2.98. The van der Waals surface area contributed by atoms with Crippen LogP contribution in [-0.4, -0.2) is 29.0 Å². The molecule has 0 aliphatic carbocycles. The molecule has 0 unspecified atom stereocenters. The molecule has 0 saturated heterocycles. The Balaban J connectivity index is 1.89. The third-order valence-corrected chi connectivity index (χ3v) is 3.58. The van der Waals surface area contributed by atoms with Crippen LogP contribution >= 0.6 is 23.1 Å². The Labute approximate surface area is 106 Å². The minimum Gasteiger partial charge on any atom is -0.469 e. The maximum absolute atomic E-state index is 10.9. The van der Waals surface area contributed by atoms with E-state index in [1.54, 1.807) is 11.3 Å². The third kappa shape index (κ3) is 3.31.